The van der Waals surface area contributed by atoms with Crippen molar-refractivity contribution in [2.24, 2.45) is 0 Å². The zero-order valence-electron chi connectivity index (χ0n) is 8.56. The second kappa shape index (κ2) is 4.76. The van der Waals surface area contributed by atoms with E-state index < -0.39 is 4.92 Å². The second-order valence-corrected chi connectivity index (χ2v) is 4.05. The van der Waals surface area contributed by atoms with E-state index in [1.165, 1.54) is 6.07 Å². The van der Waals surface area contributed by atoms with Crippen molar-refractivity contribution in [2.75, 3.05) is 13.2 Å². The molecule has 0 aliphatic carbocycles. The molecule has 5 nitrogen and oxygen atoms in total. The monoisotopic (exact) mass is 242 g/mol. The van der Waals surface area contributed by atoms with Crippen LogP contribution < -0.4 is 0 Å². The van der Waals surface area contributed by atoms with Gasteiger partial charge in [0.05, 0.1) is 4.92 Å². The molecule has 1 aromatic rings. The highest BCUT2D eigenvalue weighted by Crippen LogP contribution is 2.29. The quantitative estimate of drug-likeness (QED) is 0.454. The Bertz CT molecular complexity index is 405. The van der Waals surface area contributed by atoms with E-state index in [-0.39, 0.29) is 10.8 Å². The summed E-state index contributed by atoms with van der Waals surface area (Å²) in [7, 11) is 0. The van der Waals surface area contributed by atoms with Gasteiger partial charge in [-0.05, 0) is 18.9 Å². The topological polar surface area (TPSA) is 65.3 Å². The van der Waals surface area contributed by atoms with Crippen molar-refractivity contribution in [3.05, 3.63) is 33.1 Å². The minimum atomic E-state index is -0.525. The molecule has 0 saturated carbocycles. The van der Waals surface area contributed by atoms with E-state index >= 15 is 0 Å². The highest BCUT2D eigenvalue weighted by Gasteiger charge is 2.20. The molecular weight excluding hydrogens is 232 g/mol. The van der Waals surface area contributed by atoms with Crippen LogP contribution in [-0.4, -0.2) is 23.1 Å². The first-order valence-corrected chi connectivity index (χ1v) is 5.45. The van der Waals surface area contributed by atoms with Gasteiger partial charge >= 0.3 is 5.69 Å². The van der Waals surface area contributed by atoms with E-state index in [0.29, 0.717) is 19.1 Å². The zero-order valence-corrected chi connectivity index (χ0v) is 9.31. The molecule has 0 N–H and O–H groups in total. The molecule has 0 amide bonds. The fourth-order valence-electron chi connectivity index (χ4n) is 1.80. The number of pyridine rings is 1. The zero-order chi connectivity index (χ0) is 11.5. The SMILES string of the molecule is O=[N+]([O-])c1ccc(C2CCOCC2)nc1Cl. The molecule has 1 fully saturated rings. The highest BCUT2D eigenvalue weighted by atomic mass is 35.5. The first kappa shape index (κ1) is 11.3. The Labute approximate surface area is 97.5 Å². The third-order valence-corrected chi connectivity index (χ3v) is 2.96. The highest BCUT2D eigenvalue weighted by molar-refractivity contribution is 6.31. The lowest BCUT2D eigenvalue weighted by atomic mass is 9.96. The molecule has 6 heteroatoms. The number of ether oxygens (including phenoxy) is 1. The first-order valence-electron chi connectivity index (χ1n) is 5.07. The number of halogens is 1. The molecule has 0 atom stereocenters. The molecule has 0 aromatic carbocycles. The van der Waals surface area contributed by atoms with Crippen molar-refractivity contribution in [3.63, 3.8) is 0 Å². The Hall–Kier alpha value is -1.20. The predicted molar refractivity (Wildman–Crippen MR) is 58.7 cm³/mol. The van der Waals surface area contributed by atoms with Crippen LogP contribution in [0, 0.1) is 10.1 Å². The van der Waals surface area contributed by atoms with Crippen LogP contribution in [0.5, 0.6) is 0 Å². The van der Waals surface area contributed by atoms with Gasteiger partial charge in [-0.25, -0.2) is 4.98 Å². The Morgan fingerprint density at radius 3 is 2.69 bits per heavy atom. The molecule has 86 valence electrons. The van der Waals surface area contributed by atoms with E-state index in [9.17, 15) is 10.1 Å². The van der Waals surface area contributed by atoms with Gasteiger partial charge in [0.25, 0.3) is 0 Å². The van der Waals surface area contributed by atoms with E-state index in [1.807, 2.05) is 0 Å². The molecule has 0 spiro atoms. The Morgan fingerprint density at radius 1 is 1.44 bits per heavy atom. The van der Waals surface area contributed by atoms with Gasteiger partial charge in [-0.3, -0.25) is 10.1 Å². The first-order chi connectivity index (χ1) is 7.68. The van der Waals surface area contributed by atoms with Gasteiger partial charge in [0.2, 0.25) is 5.15 Å². The Balaban J connectivity index is 2.23. The van der Waals surface area contributed by atoms with Gasteiger partial charge in [-0.1, -0.05) is 11.6 Å². The van der Waals surface area contributed by atoms with Gasteiger partial charge in [-0.15, -0.1) is 0 Å². The van der Waals surface area contributed by atoms with Gasteiger partial charge in [0.15, 0.2) is 0 Å². The summed E-state index contributed by atoms with van der Waals surface area (Å²) in [5.74, 6) is 0.298. The van der Waals surface area contributed by atoms with Crippen LogP contribution in [0.15, 0.2) is 12.1 Å². The minimum absolute atomic E-state index is 0.0333. The molecule has 1 aromatic heterocycles. The van der Waals surface area contributed by atoms with E-state index in [4.69, 9.17) is 16.3 Å². The summed E-state index contributed by atoms with van der Waals surface area (Å²) in [5, 5.41) is 10.5. The maximum absolute atomic E-state index is 10.6. The summed E-state index contributed by atoms with van der Waals surface area (Å²) in [4.78, 5) is 14.1. The van der Waals surface area contributed by atoms with Crippen molar-refractivity contribution in [1.82, 2.24) is 4.98 Å². The van der Waals surface area contributed by atoms with E-state index in [1.54, 1.807) is 6.07 Å². The van der Waals surface area contributed by atoms with Crippen LogP contribution in [0.1, 0.15) is 24.5 Å². The van der Waals surface area contributed by atoms with Crippen molar-refractivity contribution in [2.45, 2.75) is 18.8 Å². The predicted octanol–water partition coefficient (Wildman–Crippen LogP) is 2.54. The van der Waals surface area contributed by atoms with Crippen LogP contribution in [0.4, 0.5) is 5.69 Å². The summed E-state index contributed by atoms with van der Waals surface area (Å²) in [5.41, 5.74) is 0.677. The number of rotatable bonds is 2. The van der Waals surface area contributed by atoms with Crippen molar-refractivity contribution in [3.8, 4) is 0 Å². The average Bonchev–Trinajstić information content (AvgIpc) is 2.29. The van der Waals surface area contributed by atoms with Crippen molar-refractivity contribution < 1.29 is 9.66 Å². The van der Waals surface area contributed by atoms with Crippen LogP contribution in [-0.2, 0) is 4.74 Å². The standard InChI is InChI=1S/C10H11ClN2O3/c11-10-9(13(14)15)2-1-8(12-10)7-3-5-16-6-4-7/h1-2,7H,3-6H2. The molecule has 1 saturated heterocycles. The van der Waals surface area contributed by atoms with Gasteiger partial charge < -0.3 is 4.74 Å². The van der Waals surface area contributed by atoms with Gasteiger partial charge in [0, 0.05) is 30.9 Å². The van der Waals surface area contributed by atoms with Crippen LogP contribution in [0.25, 0.3) is 0 Å². The third-order valence-electron chi connectivity index (χ3n) is 2.69. The fraction of sp³-hybridized carbons (Fsp3) is 0.500. The summed E-state index contributed by atoms with van der Waals surface area (Å²) >= 11 is 5.76. The lowest BCUT2D eigenvalue weighted by Gasteiger charge is -2.21. The summed E-state index contributed by atoms with van der Waals surface area (Å²) in [6.45, 7) is 1.42. The number of hydrogen-bond acceptors (Lipinski definition) is 4. The summed E-state index contributed by atoms with van der Waals surface area (Å²) in [6.07, 6.45) is 1.78. The molecule has 0 unspecified atom stereocenters. The number of nitro groups is 1. The third kappa shape index (κ3) is 2.31. The van der Waals surface area contributed by atoms with Gasteiger partial charge in [0.1, 0.15) is 0 Å². The number of aromatic nitrogens is 1. The number of hydrogen-bond donors (Lipinski definition) is 0. The average molecular weight is 243 g/mol. The van der Waals surface area contributed by atoms with Crippen LogP contribution >= 0.6 is 11.6 Å². The summed E-state index contributed by atoms with van der Waals surface area (Å²) < 4.78 is 5.24. The molecule has 2 rings (SSSR count). The molecule has 1 aliphatic rings. The van der Waals surface area contributed by atoms with Crippen LogP contribution in [0.2, 0.25) is 5.15 Å². The summed E-state index contributed by atoms with van der Waals surface area (Å²) in [6, 6.07) is 3.10. The maximum atomic E-state index is 10.6. The fourth-order valence-corrected chi connectivity index (χ4v) is 2.03. The van der Waals surface area contributed by atoms with Crippen molar-refractivity contribution in [1.29, 1.82) is 0 Å². The van der Waals surface area contributed by atoms with E-state index in [0.717, 1.165) is 18.5 Å². The lowest BCUT2D eigenvalue weighted by Crippen LogP contribution is -2.15. The molecule has 16 heavy (non-hydrogen) atoms. The molecular formula is C10H11ClN2O3. The smallest absolute Gasteiger partial charge is 0.306 e. The van der Waals surface area contributed by atoms with E-state index in [2.05, 4.69) is 4.98 Å². The molecule has 0 radical (unpaired) electrons. The Morgan fingerprint density at radius 2 is 2.12 bits per heavy atom. The maximum Gasteiger partial charge on any atom is 0.306 e. The normalized spacial score (nSPS) is 17.3. The van der Waals surface area contributed by atoms with Gasteiger partial charge in [-0.2, -0.15) is 0 Å². The number of nitrogens with zero attached hydrogens (tertiary/aromatic N) is 2. The van der Waals surface area contributed by atoms with Crippen molar-refractivity contribution >= 4 is 17.3 Å². The largest absolute Gasteiger partial charge is 0.381 e. The lowest BCUT2D eigenvalue weighted by molar-refractivity contribution is -0.385. The molecule has 2 heterocycles. The Kier molecular flexibility index (Phi) is 3.36. The van der Waals surface area contributed by atoms with Crippen LogP contribution in [0.3, 0.4) is 0 Å². The minimum Gasteiger partial charge on any atom is -0.381 e. The molecule has 0 bridgehead atoms. The molecule has 1 aliphatic heterocycles. The second-order valence-electron chi connectivity index (χ2n) is 3.69.